The quantitative estimate of drug-likeness (QED) is 0.757. The van der Waals surface area contributed by atoms with Crippen molar-refractivity contribution in [1.82, 2.24) is 5.32 Å². The maximum absolute atomic E-state index is 5.98. The minimum Gasteiger partial charge on any atom is -0.300 e. The largest absolute Gasteiger partial charge is 0.300 e. The number of thioether (sulfide) groups is 1. The van der Waals surface area contributed by atoms with Gasteiger partial charge in [-0.05, 0) is 11.4 Å². The molecule has 1 atom stereocenters. The molecule has 2 heterocycles. The fraction of sp³-hybridized carbons (Fsp3) is 0.429. The van der Waals surface area contributed by atoms with E-state index in [4.69, 9.17) is 11.6 Å². The molecule has 1 N–H and O–H groups in total. The number of hydrogen-bond acceptors (Lipinski definition) is 3. The normalized spacial score (nSPS) is 24.3. The second kappa shape index (κ2) is 3.35. The van der Waals surface area contributed by atoms with Crippen LogP contribution >= 0.6 is 34.7 Å². The predicted octanol–water partition coefficient (Wildman–Crippen LogP) is 2.74. The van der Waals surface area contributed by atoms with E-state index in [1.54, 1.807) is 11.3 Å². The number of halogens is 1. The molecule has 0 saturated carbocycles. The third-order valence-corrected chi connectivity index (χ3v) is 4.35. The first-order chi connectivity index (χ1) is 5.38. The van der Waals surface area contributed by atoms with E-state index < -0.39 is 0 Å². The van der Waals surface area contributed by atoms with Gasteiger partial charge in [0.2, 0.25) is 0 Å². The first-order valence-electron chi connectivity index (χ1n) is 3.46. The predicted molar refractivity (Wildman–Crippen MR) is 52.5 cm³/mol. The van der Waals surface area contributed by atoms with E-state index in [0.717, 1.165) is 11.6 Å². The van der Waals surface area contributed by atoms with Crippen molar-refractivity contribution in [3.63, 3.8) is 0 Å². The molecule has 1 aliphatic rings. The smallest absolute Gasteiger partial charge is 0.0898 e. The fourth-order valence-electron chi connectivity index (χ4n) is 1.09. The average molecular weight is 206 g/mol. The van der Waals surface area contributed by atoms with Crippen molar-refractivity contribution in [3.8, 4) is 0 Å². The van der Waals surface area contributed by atoms with Crippen LogP contribution in [0.3, 0.4) is 0 Å². The molecule has 2 rings (SSSR count). The summed E-state index contributed by atoms with van der Waals surface area (Å²) in [5, 5.41) is 6.78. The zero-order valence-corrected chi connectivity index (χ0v) is 8.23. The third kappa shape index (κ3) is 1.56. The van der Waals surface area contributed by atoms with Gasteiger partial charge >= 0.3 is 0 Å². The summed E-state index contributed by atoms with van der Waals surface area (Å²) in [5.41, 5.74) is 0. The highest BCUT2D eigenvalue weighted by atomic mass is 35.5. The van der Waals surface area contributed by atoms with Crippen LogP contribution in [-0.2, 0) is 0 Å². The highest BCUT2D eigenvalue weighted by Gasteiger charge is 2.19. The lowest BCUT2D eigenvalue weighted by Crippen LogP contribution is -2.10. The molecule has 1 aromatic heterocycles. The molecule has 0 spiro atoms. The molecule has 0 aromatic carbocycles. The molecule has 1 saturated heterocycles. The van der Waals surface area contributed by atoms with Gasteiger partial charge < -0.3 is 5.32 Å². The van der Waals surface area contributed by atoms with Crippen LogP contribution in [0, 0.1) is 0 Å². The lowest BCUT2D eigenvalue weighted by Gasteiger charge is -2.06. The van der Waals surface area contributed by atoms with E-state index in [-0.39, 0.29) is 0 Å². The van der Waals surface area contributed by atoms with Crippen LogP contribution in [0.5, 0.6) is 0 Å². The fourth-order valence-corrected chi connectivity index (χ4v) is 3.63. The molecule has 11 heavy (non-hydrogen) atoms. The maximum atomic E-state index is 5.98. The Balaban J connectivity index is 2.21. The highest BCUT2D eigenvalue weighted by molar-refractivity contribution is 7.99. The van der Waals surface area contributed by atoms with Crippen molar-refractivity contribution in [2.75, 3.05) is 12.3 Å². The Morgan fingerprint density at radius 3 is 3.09 bits per heavy atom. The summed E-state index contributed by atoms with van der Waals surface area (Å²) in [6.07, 6.45) is 0. The van der Waals surface area contributed by atoms with E-state index in [1.807, 2.05) is 23.2 Å². The summed E-state index contributed by atoms with van der Waals surface area (Å²) in [7, 11) is 0. The Hall–Kier alpha value is 0.300. The molecule has 0 aliphatic carbocycles. The van der Waals surface area contributed by atoms with Crippen LogP contribution in [0.25, 0.3) is 0 Å². The first-order valence-corrected chi connectivity index (χ1v) is 5.76. The lowest BCUT2D eigenvalue weighted by molar-refractivity contribution is 0.761. The van der Waals surface area contributed by atoms with E-state index >= 15 is 0 Å². The molecular weight excluding hydrogens is 198 g/mol. The molecule has 1 nitrogen and oxygen atoms in total. The highest BCUT2D eigenvalue weighted by Crippen LogP contribution is 2.37. The first kappa shape index (κ1) is 7.92. The van der Waals surface area contributed by atoms with Gasteiger partial charge in [0.05, 0.1) is 15.3 Å². The van der Waals surface area contributed by atoms with E-state index in [1.165, 1.54) is 10.6 Å². The van der Waals surface area contributed by atoms with E-state index in [0.29, 0.717) is 5.37 Å². The summed E-state index contributed by atoms with van der Waals surface area (Å²) in [6, 6.07) is 1.96. The van der Waals surface area contributed by atoms with Crippen molar-refractivity contribution in [1.29, 1.82) is 0 Å². The van der Waals surface area contributed by atoms with Crippen LogP contribution in [0.15, 0.2) is 11.4 Å². The molecular formula is C7H8ClNS2. The van der Waals surface area contributed by atoms with Gasteiger partial charge in [-0.1, -0.05) is 11.6 Å². The average Bonchev–Trinajstić information content (AvgIpc) is 2.55. The topological polar surface area (TPSA) is 12.0 Å². The Morgan fingerprint density at radius 2 is 2.55 bits per heavy atom. The minimum atomic E-state index is 0.447. The molecule has 1 aliphatic heterocycles. The molecule has 60 valence electrons. The number of nitrogens with one attached hydrogen (secondary N) is 1. The van der Waals surface area contributed by atoms with Gasteiger partial charge in [0.15, 0.2) is 0 Å². The molecule has 1 fully saturated rings. The second-order valence-corrected chi connectivity index (χ2v) is 4.91. The summed E-state index contributed by atoms with van der Waals surface area (Å²) >= 11 is 9.64. The monoisotopic (exact) mass is 205 g/mol. The summed E-state index contributed by atoms with van der Waals surface area (Å²) in [5.74, 6) is 1.19. The Morgan fingerprint density at radius 1 is 1.64 bits per heavy atom. The van der Waals surface area contributed by atoms with Gasteiger partial charge in [0, 0.05) is 12.3 Å². The van der Waals surface area contributed by atoms with Gasteiger partial charge in [-0.3, -0.25) is 0 Å². The van der Waals surface area contributed by atoms with Crippen LogP contribution in [0.1, 0.15) is 10.3 Å². The van der Waals surface area contributed by atoms with E-state index in [2.05, 4.69) is 5.32 Å². The van der Waals surface area contributed by atoms with Crippen molar-refractivity contribution in [2.24, 2.45) is 0 Å². The van der Waals surface area contributed by atoms with Crippen LogP contribution < -0.4 is 5.32 Å². The maximum Gasteiger partial charge on any atom is 0.0898 e. The van der Waals surface area contributed by atoms with Crippen LogP contribution in [0.4, 0.5) is 0 Å². The summed E-state index contributed by atoms with van der Waals surface area (Å²) in [4.78, 5) is 1.27. The molecule has 1 aromatic rings. The standard InChI is InChI=1S/C7H8ClNS2/c8-5-1-3-10-6(5)7-9-2-4-11-7/h1,3,7,9H,2,4H2. The van der Waals surface area contributed by atoms with Gasteiger partial charge in [0.25, 0.3) is 0 Å². The molecule has 0 amide bonds. The van der Waals surface area contributed by atoms with Crippen molar-refractivity contribution >= 4 is 34.7 Å². The van der Waals surface area contributed by atoms with Gasteiger partial charge in [-0.2, -0.15) is 0 Å². The lowest BCUT2D eigenvalue weighted by atomic mass is 10.4. The SMILES string of the molecule is Clc1ccsc1C1NCCS1. The minimum absolute atomic E-state index is 0.447. The molecule has 0 radical (unpaired) electrons. The molecule has 1 unspecified atom stereocenters. The van der Waals surface area contributed by atoms with Crippen LogP contribution in [-0.4, -0.2) is 12.3 Å². The second-order valence-electron chi connectivity index (χ2n) is 2.34. The van der Waals surface area contributed by atoms with Crippen molar-refractivity contribution in [2.45, 2.75) is 5.37 Å². The number of hydrogen-bond donors (Lipinski definition) is 1. The summed E-state index contributed by atoms with van der Waals surface area (Å²) < 4.78 is 0. The van der Waals surface area contributed by atoms with Gasteiger partial charge in [-0.25, -0.2) is 0 Å². The molecule has 4 heteroatoms. The third-order valence-electron chi connectivity index (χ3n) is 1.60. The number of rotatable bonds is 1. The van der Waals surface area contributed by atoms with E-state index in [9.17, 15) is 0 Å². The zero-order chi connectivity index (χ0) is 7.68. The van der Waals surface area contributed by atoms with Crippen molar-refractivity contribution in [3.05, 3.63) is 21.3 Å². The van der Waals surface area contributed by atoms with Crippen molar-refractivity contribution < 1.29 is 0 Å². The Kier molecular flexibility index (Phi) is 2.42. The van der Waals surface area contributed by atoms with Gasteiger partial charge in [-0.15, -0.1) is 23.1 Å². The zero-order valence-electron chi connectivity index (χ0n) is 5.84. The Labute approximate surface area is 79.1 Å². The van der Waals surface area contributed by atoms with Crippen LogP contribution in [0.2, 0.25) is 5.02 Å². The molecule has 0 bridgehead atoms. The summed E-state index contributed by atoms with van der Waals surface area (Å²) in [6.45, 7) is 1.10. The van der Waals surface area contributed by atoms with Gasteiger partial charge in [0.1, 0.15) is 0 Å². The Bertz CT molecular complexity index is 242. The number of thiophene rings is 1.